The number of hydrogen-bond donors (Lipinski definition) is 0. The minimum absolute atomic E-state index is 0.306. The summed E-state index contributed by atoms with van der Waals surface area (Å²) < 4.78 is 8.54. The second-order valence-corrected chi connectivity index (χ2v) is 11.7. The Morgan fingerprint density at radius 3 is 1.83 bits per heavy atom. The van der Waals surface area contributed by atoms with Crippen LogP contribution in [0.5, 0.6) is 0 Å². The molecule has 0 atom stereocenters. The van der Waals surface area contributed by atoms with Gasteiger partial charge in [-0.05, 0) is 81.6 Å². The SMILES string of the molecule is CC(C)c1cc(-c2ccccc2)cc(C(C)C)c1-n1c(-c2coc3ccc(-c4ccccc4)cc23)nc2ccccc21. The third-order valence-electron chi connectivity index (χ3n) is 8.23. The van der Waals surface area contributed by atoms with Crippen LogP contribution in [0.15, 0.2) is 126 Å². The van der Waals surface area contributed by atoms with Crippen molar-refractivity contribution in [3.63, 3.8) is 0 Å². The summed E-state index contributed by atoms with van der Waals surface area (Å²) in [6, 6.07) is 40.8. The van der Waals surface area contributed by atoms with E-state index >= 15 is 0 Å². The molecule has 3 nitrogen and oxygen atoms in total. The third-order valence-corrected chi connectivity index (χ3v) is 8.23. The smallest absolute Gasteiger partial charge is 0.149 e. The van der Waals surface area contributed by atoms with Crippen molar-refractivity contribution in [3.05, 3.63) is 133 Å². The highest BCUT2D eigenvalue weighted by molar-refractivity contribution is 5.97. The summed E-state index contributed by atoms with van der Waals surface area (Å²) in [5.41, 5.74) is 12.6. The molecule has 0 N–H and O–H groups in total. The van der Waals surface area contributed by atoms with Gasteiger partial charge in [0.15, 0.2) is 0 Å². The number of hydrogen-bond acceptors (Lipinski definition) is 2. The molecule has 0 unspecified atom stereocenters. The Balaban J connectivity index is 1.54. The fourth-order valence-electron chi connectivity index (χ4n) is 6.06. The molecule has 7 rings (SSSR count). The van der Waals surface area contributed by atoms with E-state index in [1.54, 1.807) is 0 Å². The minimum Gasteiger partial charge on any atom is -0.464 e. The van der Waals surface area contributed by atoms with Gasteiger partial charge < -0.3 is 4.42 Å². The quantitative estimate of drug-likeness (QED) is 0.208. The van der Waals surface area contributed by atoms with Crippen LogP contribution in [0.1, 0.15) is 50.7 Å². The number of aromatic nitrogens is 2. The average Bonchev–Trinajstić information content (AvgIpc) is 3.62. The van der Waals surface area contributed by atoms with Crippen molar-refractivity contribution < 1.29 is 4.42 Å². The molecule has 5 aromatic carbocycles. The standard InChI is InChI=1S/C39H34N2O/c1-25(2)31-22-30(28-15-9-6-10-16-28)23-32(26(3)4)38(31)41-36-18-12-11-17-35(36)40-39(41)34-24-42-37-20-19-29(21-33(34)37)27-13-7-5-8-14-27/h5-26H,1-4H3. The van der Waals surface area contributed by atoms with Gasteiger partial charge in [-0.3, -0.25) is 4.57 Å². The van der Waals surface area contributed by atoms with Crippen molar-refractivity contribution in [1.82, 2.24) is 9.55 Å². The van der Waals surface area contributed by atoms with E-state index in [9.17, 15) is 0 Å². The lowest BCUT2D eigenvalue weighted by Gasteiger charge is -2.24. The first-order chi connectivity index (χ1) is 20.5. The largest absolute Gasteiger partial charge is 0.464 e. The van der Waals surface area contributed by atoms with Crippen molar-refractivity contribution in [3.8, 4) is 39.3 Å². The second kappa shape index (κ2) is 10.5. The minimum atomic E-state index is 0.306. The highest BCUT2D eigenvalue weighted by atomic mass is 16.3. The first kappa shape index (κ1) is 26.0. The Hall–Kier alpha value is -4.89. The maximum atomic E-state index is 6.16. The van der Waals surface area contributed by atoms with Crippen LogP contribution in [0.2, 0.25) is 0 Å². The number of imidazole rings is 1. The normalized spacial score (nSPS) is 11.8. The van der Waals surface area contributed by atoms with E-state index in [4.69, 9.17) is 9.40 Å². The molecule has 0 fully saturated rings. The number of fused-ring (bicyclic) bond motifs is 2. The summed E-state index contributed by atoms with van der Waals surface area (Å²) in [6.45, 7) is 9.15. The first-order valence-corrected chi connectivity index (χ1v) is 14.8. The van der Waals surface area contributed by atoms with Gasteiger partial charge in [0.25, 0.3) is 0 Å². The van der Waals surface area contributed by atoms with Gasteiger partial charge in [0, 0.05) is 5.39 Å². The van der Waals surface area contributed by atoms with Crippen LogP contribution in [0.3, 0.4) is 0 Å². The summed E-state index contributed by atoms with van der Waals surface area (Å²) >= 11 is 0. The number of nitrogens with zero attached hydrogens (tertiary/aromatic N) is 2. The van der Waals surface area contributed by atoms with Crippen molar-refractivity contribution in [1.29, 1.82) is 0 Å². The molecule has 206 valence electrons. The average molecular weight is 547 g/mol. The van der Waals surface area contributed by atoms with E-state index in [-0.39, 0.29) is 0 Å². The summed E-state index contributed by atoms with van der Waals surface area (Å²) in [4.78, 5) is 5.27. The Morgan fingerprint density at radius 1 is 0.595 bits per heavy atom. The number of para-hydroxylation sites is 2. The Kier molecular flexibility index (Phi) is 6.51. The molecule has 0 aliphatic rings. The highest BCUT2D eigenvalue weighted by Gasteiger charge is 2.25. The van der Waals surface area contributed by atoms with Crippen molar-refractivity contribution >= 4 is 22.0 Å². The number of furan rings is 1. The molecule has 0 aliphatic heterocycles. The summed E-state index contributed by atoms with van der Waals surface area (Å²) in [7, 11) is 0. The lowest BCUT2D eigenvalue weighted by Crippen LogP contribution is -2.09. The van der Waals surface area contributed by atoms with E-state index in [2.05, 4.69) is 148 Å². The molecule has 0 amide bonds. The summed E-state index contributed by atoms with van der Waals surface area (Å²) in [5.74, 6) is 1.51. The van der Waals surface area contributed by atoms with E-state index in [1.807, 2.05) is 6.26 Å². The first-order valence-electron chi connectivity index (χ1n) is 14.8. The van der Waals surface area contributed by atoms with Crippen LogP contribution < -0.4 is 0 Å². The molecule has 3 heteroatoms. The van der Waals surface area contributed by atoms with Crippen molar-refractivity contribution in [2.24, 2.45) is 0 Å². The van der Waals surface area contributed by atoms with Gasteiger partial charge >= 0.3 is 0 Å². The predicted molar refractivity (Wildman–Crippen MR) is 175 cm³/mol. The Labute approximate surface area is 247 Å². The van der Waals surface area contributed by atoms with Crippen LogP contribution in [-0.4, -0.2) is 9.55 Å². The lowest BCUT2D eigenvalue weighted by atomic mass is 9.88. The molecule has 0 aliphatic carbocycles. The van der Waals surface area contributed by atoms with Crippen molar-refractivity contribution in [2.75, 3.05) is 0 Å². The third kappa shape index (κ3) is 4.42. The van der Waals surface area contributed by atoms with Gasteiger partial charge in [0.05, 0.1) is 22.3 Å². The molecule has 2 heterocycles. The zero-order valence-electron chi connectivity index (χ0n) is 24.5. The molecule has 7 aromatic rings. The van der Waals surface area contributed by atoms with Crippen LogP contribution in [0, 0.1) is 0 Å². The maximum Gasteiger partial charge on any atom is 0.149 e. The highest BCUT2D eigenvalue weighted by Crippen LogP contribution is 2.42. The molecule has 0 spiro atoms. The fourth-order valence-corrected chi connectivity index (χ4v) is 6.06. The number of rotatable bonds is 6. The second-order valence-electron chi connectivity index (χ2n) is 11.7. The van der Waals surface area contributed by atoms with Crippen molar-refractivity contribution in [2.45, 2.75) is 39.5 Å². The Bertz CT molecular complexity index is 2000. The van der Waals surface area contributed by atoms with Gasteiger partial charge in [-0.2, -0.15) is 0 Å². The topological polar surface area (TPSA) is 31.0 Å². The Morgan fingerprint density at radius 2 is 1.19 bits per heavy atom. The molecule has 0 bridgehead atoms. The van der Waals surface area contributed by atoms with E-state index in [0.29, 0.717) is 11.8 Å². The van der Waals surface area contributed by atoms with Gasteiger partial charge in [0.2, 0.25) is 0 Å². The van der Waals surface area contributed by atoms with Gasteiger partial charge in [-0.25, -0.2) is 4.98 Å². The predicted octanol–water partition coefficient (Wildman–Crippen LogP) is 11.0. The molecule has 42 heavy (non-hydrogen) atoms. The van der Waals surface area contributed by atoms with Gasteiger partial charge in [-0.15, -0.1) is 0 Å². The number of benzene rings is 5. The molecular weight excluding hydrogens is 512 g/mol. The van der Waals surface area contributed by atoms with Crippen LogP contribution in [0.4, 0.5) is 0 Å². The zero-order valence-corrected chi connectivity index (χ0v) is 24.5. The summed E-state index contributed by atoms with van der Waals surface area (Å²) in [5, 5.41) is 1.06. The van der Waals surface area contributed by atoms with E-state index < -0.39 is 0 Å². The van der Waals surface area contributed by atoms with Crippen LogP contribution in [0.25, 0.3) is 61.3 Å². The van der Waals surface area contributed by atoms with Gasteiger partial charge in [0.1, 0.15) is 17.7 Å². The van der Waals surface area contributed by atoms with E-state index in [1.165, 1.54) is 33.5 Å². The van der Waals surface area contributed by atoms with E-state index in [0.717, 1.165) is 39.0 Å². The monoisotopic (exact) mass is 546 g/mol. The molecule has 2 aromatic heterocycles. The van der Waals surface area contributed by atoms with Gasteiger partial charge in [-0.1, -0.05) is 107 Å². The fraction of sp³-hybridized carbons (Fsp3) is 0.154. The lowest BCUT2D eigenvalue weighted by molar-refractivity contribution is 0.616. The molecule has 0 saturated heterocycles. The molecule has 0 radical (unpaired) electrons. The van der Waals surface area contributed by atoms with Crippen LogP contribution in [-0.2, 0) is 0 Å². The zero-order chi connectivity index (χ0) is 28.8. The maximum absolute atomic E-state index is 6.16. The molecule has 0 saturated carbocycles. The molecular formula is C39H34N2O. The van der Waals surface area contributed by atoms with Crippen LogP contribution >= 0.6 is 0 Å². The summed E-state index contributed by atoms with van der Waals surface area (Å²) in [6.07, 6.45) is 1.87.